The summed E-state index contributed by atoms with van der Waals surface area (Å²) in [6.45, 7) is 4.98. The molecule has 84 valence electrons. The molecule has 0 aliphatic heterocycles. The fraction of sp³-hybridized carbons (Fsp3) is 0.500. The smallest absolute Gasteiger partial charge is 0.123 e. The fourth-order valence-electron chi connectivity index (χ4n) is 1.45. The zero-order valence-corrected chi connectivity index (χ0v) is 11.1. The molecule has 1 aromatic rings. The lowest BCUT2D eigenvalue weighted by molar-refractivity contribution is 0.358. The highest BCUT2D eigenvalue weighted by molar-refractivity contribution is 9.10. The quantitative estimate of drug-likeness (QED) is 0.914. The molecule has 0 saturated carbocycles. The van der Waals surface area contributed by atoms with E-state index in [0.717, 1.165) is 16.6 Å². The number of methoxy groups -OCH3 is 1. The van der Waals surface area contributed by atoms with Crippen LogP contribution >= 0.6 is 15.9 Å². The Morgan fingerprint density at radius 1 is 1.40 bits per heavy atom. The van der Waals surface area contributed by atoms with Crippen molar-refractivity contribution in [2.45, 2.75) is 20.3 Å². The van der Waals surface area contributed by atoms with Crippen molar-refractivity contribution in [2.24, 2.45) is 11.1 Å². The van der Waals surface area contributed by atoms with Crippen molar-refractivity contribution in [3.63, 3.8) is 0 Å². The molecule has 0 aromatic heterocycles. The molecule has 0 amide bonds. The second kappa shape index (κ2) is 4.99. The number of ether oxygens (including phenoxy) is 1. The Kier molecular flexibility index (Phi) is 4.17. The van der Waals surface area contributed by atoms with Crippen LogP contribution in [0, 0.1) is 5.41 Å². The third-order valence-corrected chi connectivity index (χ3v) is 3.25. The first-order valence-corrected chi connectivity index (χ1v) is 5.81. The van der Waals surface area contributed by atoms with Gasteiger partial charge in [-0.1, -0.05) is 35.8 Å². The van der Waals surface area contributed by atoms with Crippen molar-refractivity contribution in [1.29, 1.82) is 0 Å². The first kappa shape index (κ1) is 12.5. The molecule has 0 aliphatic rings. The highest BCUT2D eigenvalue weighted by atomic mass is 79.9. The average molecular weight is 272 g/mol. The van der Waals surface area contributed by atoms with Crippen LogP contribution in [0.1, 0.15) is 19.4 Å². The predicted molar refractivity (Wildman–Crippen MR) is 67.2 cm³/mol. The summed E-state index contributed by atoms with van der Waals surface area (Å²) in [6.07, 6.45) is 0.911. The van der Waals surface area contributed by atoms with E-state index in [2.05, 4.69) is 29.8 Å². The average Bonchev–Trinajstić information content (AvgIpc) is 2.21. The minimum absolute atomic E-state index is 0.0944. The van der Waals surface area contributed by atoms with Crippen molar-refractivity contribution in [3.8, 4) is 5.75 Å². The second-order valence-corrected chi connectivity index (χ2v) is 5.32. The van der Waals surface area contributed by atoms with E-state index in [1.807, 2.05) is 18.2 Å². The fourth-order valence-corrected chi connectivity index (χ4v) is 1.94. The van der Waals surface area contributed by atoms with E-state index < -0.39 is 0 Å². The van der Waals surface area contributed by atoms with Gasteiger partial charge in [-0.25, -0.2) is 0 Å². The molecule has 0 saturated heterocycles. The first-order chi connectivity index (χ1) is 7.00. The zero-order valence-electron chi connectivity index (χ0n) is 9.51. The molecule has 0 radical (unpaired) electrons. The van der Waals surface area contributed by atoms with Crippen LogP contribution in [0.4, 0.5) is 0 Å². The molecule has 15 heavy (non-hydrogen) atoms. The monoisotopic (exact) mass is 271 g/mol. The topological polar surface area (TPSA) is 35.2 Å². The Bertz CT molecular complexity index is 336. The third kappa shape index (κ3) is 3.21. The van der Waals surface area contributed by atoms with Crippen molar-refractivity contribution in [2.75, 3.05) is 13.7 Å². The molecule has 1 rings (SSSR count). The van der Waals surface area contributed by atoms with Crippen molar-refractivity contribution < 1.29 is 4.74 Å². The van der Waals surface area contributed by atoms with Crippen LogP contribution in [0.15, 0.2) is 22.7 Å². The summed E-state index contributed by atoms with van der Waals surface area (Å²) in [4.78, 5) is 0. The van der Waals surface area contributed by atoms with Gasteiger partial charge in [0.2, 0.25) is 0 Å². The maximum absolute atomic E-state index is 5.74. The molecule has 0 spiro atoms. The molecular formula is C12H18BrNO. The van der Waals surface area contributed by atoms with Crippen LogP contribution < -0.4 is 10.5 Å². The van der Waals surface area contributed by atoms with E-state index in [-0.39, 0.29) is 5.41 Å². The van der Waals surface area contributed by atoms with Gasteiger partial charge in [0.1, 0.15) is 5.75 Å². The maximum atomic E-state index is 5.74. The molecule has 0 heterocycles. The summed E-state index contributed by atoms with van der Waals surface area (Å²) >= 11 is 3.55. The number of rotatable bonds is 4. The summed E-state index contributed by atoms with van der Waals surface area (Å²) in [5.41, 5.74) is 7.02. The van der Waals surface area contributed by atoms with Crippen LogP contribution in [0.5, 0.6) is 5.75 Å². The Morgan fingerprint density at radius 2 is 2.07 bits per heavy atom. The van der Waals surface area contributed by atoms with Gasteiger partial charge in [0, 0.05) is 10.0 Å². The molecule has 1 aromatic carbocycles. The maximum Gasteiger partial charge on any atom is 0.123 e. The highest BCUT2D eigenvalue weighted by Gasteiger charge is 2.20. The molecule has 2 nitrogen and oxygen atoms in total. The summed E-state index contributed by atoms with van der Waals surface area (Å²) in [7, 11) is 1.70. The van der Waals surface area contributed by atoms with Crippen LogP contribution in [-0.4, -0.2) is 13.7 Å². The van der Waals surface area contributed by atoms with Crippen LogP contribution in [0.25, 0.3) is 0 Å². The molecule has 0 fully saturated rings. The number of hydrogen-bond donors (Lipinski definition) is 1. The third-order valence-electron chi connectivity index (χ3n) is 2.50. The van der Waals surface area contributed by atoms with Gasteiger partial charge in [-0.3, -0.25) is 0 Å². The normalized spacial score (nSPS) is 11.5. The van der Waals surface area contributed by atoms with Gasteiger partial charge in [0.05, 0.1) is 7.11 Å². The van der Waals surface area contributed by atoms with Gasteiger partial charge in [0.25, 0.3) is 0 Å². The minimum atomic E-state index is 0.0944. The van der Waals surface area contributed by atoms with Crippen LogP contribution in [0.3, 0.4) is 0 Å². The van der Waals surface area contributed by atoms with E-state index in [4.69, 9.17) is 10.5 Å². The highest BCUT2D eigenvalue weighted by Crippen LogP contribution is 2.32. The van der Waals surface area contributed by atoms with E-state index in [1.54, 1.807) is 7.11 Å². The number of benzene rings is 1. The standard InChI is InChI=1S/C12H18BrNO/c1-12(2,8-14)7-9-10(13)5-4-6-11(9)15-3/h4-6H,7-8,14H2,1-3H3. The minimum Gasteiger partial charge on any atom is -0.496 e. The molecule has 3 heteroatoms. The number of hydrogen-bond acceptors (Lipinski definition) is 2. The summed E-state index contributed by atoms with van der Waals surface area (Å²) < 4.78 is 6.43. The largest absolute Gasteiger partial charge is 0.496 e. The zero-order chi connectivity index (χ0) is 11.5. The van der Waals surface area contributed by atoms with Crippen molar-refractivity contribution in [1.82, 2.24) is 0 Å². The Hall–Kier alpha value is -0.540. The van der Waals surface area contributed by atoms with E-state index in [1.165, 1.54) is 5.56 Å². The SMILES string of the molecule is COc1cccc(Br)c1CC(C)(C)CN. The lowest BCUT2D eigenvalue weighted by Crippen LogP contribution is -2.26. The van der Waals surface area contributed by atoms with Gasteiger partial charge in [0.15, 0.2) is 0 Å². The Labute approximate surface area is 99.9 Å². The lowest BCUT2D eigenvalue weighted by atomic mass is 9.85. The first-order valence-electron chi connectivity index (χ1n) is 5.01. The molecule has 0 aliphatic carbocycles. The summed E-state index contributed by atoms with van der Waals surface area (Å²) in [5, 5.41) is 0. The summed E-state index contributed by atoms with van der Waals surface area (Å²) in [6, 6.07) is 5.99. The Balaban J connectivity index is 3.02. The molecule has 2 N–H and O–H groups in total. The lowest BCUT2D eigenvalue weighted by Gasteiger charge is -2.24. The van der Waals surface area contributed by atoms with Gasteiger partial charge >= 0.3 is 0 Å². The van der Waals surface area contributed by atoms with Gasteiger partial charge < -0.3 is 10.5 Å². The summed E-state index contributed by atoms with van der Waals surface area (Å²) in [5.74, 6) is 0.922. The number of halogens is 1. The van der Waals surface area contributed by atoms with Crippen molar-refractivity contribution >= 4 is 15.9 Å². The predicted octanol–water partition coefficient (Wildman–Crippen LogP) is 2.99. The van der Waals surface area contributed by atoms with Crippen LogP contribution in [-0.2, 0) is 6.42 Å². The number of nitrogens with two attached hydrogens (primary N) is 1. The Morgan fingerprint density at radius 3 is 2.60 bits per heavy atom. The van der Waals surface area contributed by atoms with Gasteiger partial charge in [-0.2, -0.15) is 0 Å². The van der Waals surface area contributed by atoms with Crippen LogP contribution in [0.2, 0.25) is 0 Å². The second-order valence-electron chi connectivity index (χ2n) is 4.47. The van der Waals surface area contributed by atoms with Gasteiger partial charge in [-0.05, 0) is 30.5 Å². The van der Waals surface area contributed by atoms with Gasteiger partial charge in [-0.15, -0.1) is 0 Å². The van der Waals surface area contributed by atoms with E-state index in [0.29, 0.717) is 6.54 Å². The molecule has 0 bridgehead atoms. The van der Waals surface area contributed by atoms with Crippen molar-refractivity contribution in [3.05, 3.63) is 28.2 Å². The molecule has 0 unspecified atom stereocenters. The molecule has 0 atom stereocenters. The van der Waals surface area contributed by atoms with E-state index in [9.17, 15) is 0 Å². The molecular weight excluding hydrogens is 254 g/mol. The van der Waals surface area contributed by atoms with E-state index >= 15 is 0 Å².